The molecule has 4 heterocycles. The number of para-hydroxylation sites is 1. The van der Waals surface area contributed by atoms with Gasteiger partial charge < -0.3 is 15.0 Å². The first-order chi connectivity index (χ1) is 18.1. The third-order valence-corrected chi connectivity index (χ3v) is 8.49. The molecule has 0 saturated carbocycles. The number of benzene rings is 1. The SMILES string of the molecule is O=C(CN1CCC2(CCCCc3ccccc3OCCNC2=O)CC1)N1CCCC1Cc1ccccn1. The molecule has 37 heavy (non-hydrogen) atoms. The topological polar surface area (TPSA) is 74.8 Å². The first kappa shape index (κ1) is 25.7. The summed E-state index contributed by atoms with van der Waals surface area (Å²) in [5.74, 6) is 1.31. The van der Waals surface area contributed by atoms with Gasteiger partial charge in [-0.2, -0.15) is 0 Å². The van der Waals surface area contributed by atoms with Crippen LogP contribution in [-0.2, 0) is 22.4 Å². The molecule has 2 saturated heterocycles. The summed E-state index contributed by atoms with van der Waals surface area (Å²) >= 11 is 0. The highest BCUT2D eigenvalue weighted by Crippen LogP contribution is 2.38. The van der Waals surface area contributed by atoms with Gasteiger partial charge in [0.2, 0.25) is 11.8 Å². The van der Waals surface area contributed by atoms with Crippen LogP contribution in [-0.4, -0.2) is 72.0 Å². The Morgan fingerprint density at radius 1 is 1.03 bits per heavy atom. The maximum absolute atomic E-state index is 13.3. The summed E-state index contributed by atoms with van der Waals surface area (Å²) in [5, 5.41) is 3.16. The van der Waals surface area contributed by atoms with E-state index in [-0.39, 0.29) is 23.3 Å². The maximum atomic E-state index is 13.3. The molecule has 198 valence electrons. The number of hydrogen-bond acceptors (Lipinski definition) is 5. The minimum absolute atomic E-state index is 0.158. The van der Waals surface area contributed by atoms with Gasteiger partial charge in [-0.1, -0.05) is 30.7 Å². The van der Waals surface area contributed by atoms with Crippen molar-refractivity contribution < 1.29 is 14.3 Å². The second-order valence-electron chi connectivity index (χ2n) is 10.9. The molecular weight excluding hydrogens is 464 g/mol. The molecule has 1 aromatic heterocycles. The highest BCUT2D eigenvalue weighted by atomic mass is 16.5. The zero-order valence-corrected chi connectivity index (χ0v) is 21.9. The van der Waals surface area contributed by atoms with Crippen LogP contribution in [0.5, 0.6) is 5.75 Å². The molecule has 2 aromatic rings. The van der Waals surface area contributed by atoms with Gasteiger partial charge in [0.05, 0.1) is 18.5 Å². The molecular formula is C30H40N4O3. The highest BCUT2D eigenvalue weighted by Gasteiger charge is 2.41. The fourth-order valence-corrected chi connectivity index (χ4v) is 6.29. The smallest absolute Gasteiger partial charge is 0.237 e. The standard InChI is InChI=1S/C30H40N4O3/c35-28(34-18-7-11-26(34)22-25-10-4-6-16-31-25)23-33-19-14-30(15-20-33)13-5-3-9-24-8-1-2-12-27(24)37-21-17-32-29(30)36/h1-2,4,6,8,10,12,16,26H,3,5,7,9,11,13-15,17-23H2,(H,32,36). The summed E-state index contributed by atoms with van der Waals surface area (Å²) in [6, 6.07) is 14.5. The molecule has 1 spiro atoms. The van der Waals surface area contributed by atoms with E-state index in [4.69, 9.17) is 4.74 Å². The van der Waals surface area contributed by atoms with E-state index in [9.17, 15) is 9.59 Å². The van der Waals surface area contributed by atoms with E-state index in [1.807, 2.05) is 36.5 Å². The van der Waals surface area contributed by atoms with Crippen LogP contribution in [0.25, 0.3) is 0 Å². The number of aryl methyl sites for hydroxylation is 1. The molecule has 0 radical (unpaired) electrons. The molecule has 1 aromatic carbocycles. The third kappa shape index (κ3) is 6.32. The van der Waals surface area contributed by atoms with Crippen molar-refractivity contribution >= 4 is 11.8 Å². The van der Waals surface area contributed by atoms with Crippen molar-refractivity contribution in [2.24, 2.45) is 5.41 Å². The minimum atomic E-state index is -0.340. The number of nitrogens with zero attached hydrogens (tertiary/aromatic N) is 3. The molecule has 1 N–H and O–H groups in total. The van der Waals surface area contributed by atoms with Crippen LogP contribution >= 0.6 is 0 Å². The molecule has 1 atom stereocenters. The molecule has 2 amide bonds. The van der Waals surface area contributed by atoms with Gasteiger partial charge in [0.25, 0.3) is 0 Å². The summed E-state index contributed by atoms with van der Waals surface area (Å²) in [6.07, 6.45) is 10.3. The number of fused-ring (bicyclic) bond motifs is 1. The summed E-state index contributed by atoms with van der Waals surface area (Å²) in [5.41, 5.74) is 1.96. The molecule has 7 heteroatoms. The summed E-state index contributed by atoms with van der Waals surface area (Å²) in [7, 11) is 0. The van der Waals surface area contributed by atoms with Gasteiger partial charge in [0, 0.05) is 30.9 Å². The lowest BCUT2D eigenvalue weighted by molar-refractivity contribution is -0.137. The predicted octanol–water partition coefficient (Wildman–Crippen LogP) is 3.62. The van der Waals surface area contributed by atoms with Crippen molar-refractivity contribution in [2.45, 2.75) is 63.8 Å². The summed E-state index contributed by atoms with van der Waals surface area (Å²) < 4.78 is 5.97. The van der Waals surface area contributed by atoms with Crippen molar-refractivity contribution in [2.75, 3.05) is 39.3 Å². The number of carbonyl (C=O) groups is 2. The summed E-state index contributed by atoms with van der Waals surface area (Å²) in [6.45, 7) is 3.86. The first-order valence-corrected chi connectivity index (χ1v) is 14.0. The average molecular weight is 505 g/mol. The zero-order chi connectivity index (χ0) is 25.5. The van der Waals surface area contributed by atoms with Gasteiger partial charge in [-0.25, -0.2) is 0 Å². The number of likely N-dealkylation sites (tertiary alicyclic amines) is 2. The van der Waals surface area contributed by atoms with E-state index in [2.05, 4.69) is 32.2 Å². The minimum Gasteiger partial charge on any atom is -0.491 e. The van der Waals surface area contributed by atoms with Crippen molar-refractivity contribution in [1.82, 2.24) is 20.1 Å². The number of aromatic nitrogens is 1. The number of rotatable bonds is 4. The number of hydrogen-bond donors (Lipinski definition) is 1. The molecule has 7 nitrogen and oxygen atoms in total. The molecule has 0 aliphatic carbocycles. The zero-order valence-electron chi connectivity index (χ0n) is 21.9. The van der Waals surface area contributed by atoms with Crippen LogP contribution in [0.2, 0.25) is 0 Å². The molecule has 3 aliphatic rings. The van der Waals surface area contributed by atoms with Gasteiger partial charge >= 0.3 is 0 Å². The van der Waals surface area contributed by atoms with Gasteiger partial charge in [-0.3, -0.25) is 19.5 Å². The molecule has 3 aliphatic heterocycles. The first-order valence-electron chi connectivity index (χ1n) is 14.0. The van der Waals surface area contributed by atoms with Gasteiger partial charge in [0.15, 0.2) is 0 Å². The maximum Gasteiger partial charge on any atom is 0.237 e. The molecule has 1 unspecified atom stereocenters. The third-order valence-electron chi connectivity index (χ3n) is 8.49. The summed E-state index contributed by atoms with van der Waals surface area (Å²) in [4.78, 5) is 35.4. The Morgan fingerprint density at radius 3 is 2.70 bits per heavy atom. The van der Waals surface area contributed by atoms with Gasteiger partial charge in [0.1, 0.15) is 12.4 Å². The largest absolute Gasteiger partial charge is 0.491 e. The lowest BCUT2D eigenvalue weighted by Crippen LogP contribution is -2.52. The fraction of sp³-hybridized carbons (Fsp3) is 0.567. The number of nitrogens with one attached hydrogen (secondary N) is 1. The van der Waals surface area contributed by atoms with Crippen LogP contribution in [0, 0.1) is 5.41 Å². The predicted molar refractivity (Wildman–Crippen MR) is 143 cm³/mol. The Bertz CT molecular complexity index is 1050. The van der Waals surface area contributed by atoms with E-state index >= 15 is 0 Å². The van der Waals surface area contributed by atoms with E-state index in [0.717, 1.165) is 88.9 Å². The van der Waals surface area contributed by atoms with E-state index in [1.54, 1.807) is 0 Å². The van der Waals surface area contributed by atoms with Crippen molar-refractivity contribution in [3.63, 3.8) is 0 Å². The Hall–Kier alpha value is -2.93. The van der Waals surface area contributed by atoms with Crippen molar-refractivity contribution in [3.8, 4) is 5.75 Å². The Balaban J connectivity index is 1.15. The van der Waals surface area contributed by atoms with Crippen LogP contribution in [0.3, 0.4) is 0 Å². The lowest BCUT2D eigenvalue weighted by Gasteiger charge is -2.41. The fourth-order valence-electron chi connectivity index (χ4n) is 6.29. The number of ether oxygens (including phenoxy) is 1. The molecule has 5 rings (SSSR count). The van der Waals surface area contributed by atoms with E-state index in [0.29, 0.717) is 19.7 Å². The second-order valence-corrected chi connectivity index (χ2v) is 10.9. The van der Waals surface area contributed by atoms with Crippen LogP contribution in [0.1, 0.15) is 56.2 Å². The van der Waals surface area contributed by atoms with Crippen LogP contribution < -0.4 is 10.1 Å². The van der Waals surface area contributed by atoms with Crippen LogP contribution in [0.4, 0.5) is 0 Å². The lowest BCUT2D eigenvalue weighted by atomic mass is 9.73. The quantitative estimate of drug-likeness (QED) is 0.689. The number of piperidine rings is 1. The number of pyridine rings is 1. The van der Waals surface area contributed by atoms with E-state index < -0.39 is 0 Å². The average Bonchev–Trinajstić information content (AvgIpc) is 3.39. The Kier molecular flexibility index (Phi) is 8.39. The molecule has 0 bridgehead atoms. The monoisotopic (exact) mass is 504 g/mol. The highest BCUT2D eigenvalue weighted by molar-refractivity contribution is 5.83. The normalized spacial score (nSPS) is 22.9. The molecule has 2 fully saturated rings. The van der Waals surface area contributed by atoms with Crippen LogP contribution in [0.15, 0.2) is 48.7 Å². The van der Waals surface area contributed by atoms with E-state index in [1.165, 1.54) is 5.56 Å². The Labute approximate surface area is 220 Å². The number of amides is 2. The van der Waals surface area contributed by atoms with Gasteiger partial charge in [-0.05, 0) is 81.8 Å². The van der Waals surface area contributed by atoms with Gasteiger partial charge in [-0.15, -0.1) is 0 Å². The number of carbonyl (C=O) groups excluding carboxylic acids is 2. The second kappa shape index (κ2) is 12.1. The van der Waals surface area contributed by atoms with Crippen molar-refractivity contribution in [1.29, 1.82) is 0 Å². The van der Waals surface area contributed by atoms with Crippen molar-refractivity contribution in [3.05, 3.63) is 59.9 Å². The Morgan fingerprint density at radius 2 is 1.86 bits per heavy atom.